The number of nitrogens with zero attached hydrogens (tertiary/aromatic N) is 9. The number of hydrogen-bond acceptors (Lipinski definition) is 6. The van der Waals surface area contributed by atoms with E-state index in [1.807, 2.05) is 87.0 Å². The van der Waals surface area contributed by atoms with Crippen molar-refractivity contribution < 1.29 is 0 Å². The largest absolute Gasteiger partial charge is 1.00 e. The molecule has 0 aliphatic carbocycles. The molecule has 6 rings (SSSR count). The van der Waals surface area contributed by atoms with Gasteiger partial charge < -0.3 is 13.8 Å². The van der Waals surface area contributed by atoms with Crippen LogP contribution in [0.3, 0.4) is 0 Å². The molecule has 0 radical (unpaired) electrons. The summed E-state index contributed by atoms with van der Waals surface area (Å²) >= 11 is 0. The molecule has 6 aromatic heterocycles. The normalized spacial score (nSPS) is 10.9. The Kier molecular flexibility index (Phi) is 6.61. The van der Waals surface area contributed by atoms with Gasteiger partial charge in [-0.3, -0.25) is 15.0 Å². The van der Waals surface area contributed by atoms with Gasteiger partial charge in [-0.2, -0.15) is 0 Å². The quantitative estimate of drug-likeness (QED) is 0.258. The van der Waals surface area contributed by atoms with Gasteiger partial charge in [0.1, 0.15) is 0 Å². The number of aromatic nitrogens is 9. The van der Waals surface area contributed by atoms with Crippen LogP contribution in [0.25, 0.3) is 33.8 Å². The number of rotatable bonds is 6. The van der Waals surface area contributed by atoms with Crippen molar-refractivity contribution in [2.75, 3.05) is 0 Å². The van der Waals surface area contributed by atoms with Gasteiger partial charge in [-0.1, -0.05) is 0 Å². The Bertz CT molecular complexity index is 1330. The zero-order valence-corrected chi connectivity index (χ0v) is 23.2. The minimum absolute atomic E-state index is 0. The Balaban J connectivity index is 0.00000253. The number of pyridine rings is 3. The molecule has 35 heavy (non-hydrogen) atoms. The predicted molar refractivity (Wildman–Crippen MR) is 135 cm³/mol. The summed E-state index contributed by atoms with van der Waals surface area (Å²) in [4.78, 5) is 12.3. The van der Waals surface area contributed by atoms with Crippen LogP contribution in [0, 0.1) is 0 Å². The maximum atomic E-state index is 4.88. The SMILES string of the molecule is [Tl+].c1cc(-c2ccn([BH-](n3ccc(-c4ccncc4)n3)n3ccc(-c4ccncc4)n3)n2)ccn1. The third kappa shape index (κ3) is 4.69. The van der Waals surface area contributed by atoms with Crippen molar-refractivity contribution in [2.45, 2.75) is 0 Å². The second-order valence-electron chi connectivity index (χ2n) is 7.85. The zero-order valence-electron chi connectivity index (χ0n) is 18.7. The van der Waals surface area contributed by atoms with Gasteiger partial charge in [-0.25, -0.2) is 15.3 Å². The molecule has 6 heterocycles. The molecule has 0 spiro atoms. The predicted octanol–water partition coefficient (Wildman–Crippen LogP) is 2.74. The van der Waals surface area contributed by atoms with Gasteiger partial charge in [0.2, 0.25) is 0 Å². The molecule has 0 aliphatic rings. The van der Waals surface area contributed by atoms with Crippen molar-refractivity contribution in [1.29, 1.82) is 0 Å². The van der Waals surface area contributed by atoms with E-state index in [0.717, 1.165) is 33.8 Å². The summed E-state index contributed by atoms with van der Waals surface area (Å²) in [5.74, 6) is 0. The minimum Gasteiger partial charge on any atom is -0.402 e. The Morgan fingerprint density at radius 1 is 0.429 bits per heavy atom. The van der Waals surface area contributed by atoms with Crippen LogP contribution >= 0.6 is 0 Å². The molecule has 0 bridgehead atoms. The molecule has 0 fully saturated rings. The van der Waals surface area contributed by atoms with E-state index in [2.05, 4.69) is 15.0 Å². The molecule has 0 saturated heterocycles. The molecule has 0 amide bonds. The minimum atomic E-state index is -1.53. The van der Waals surface area contributed by atoms with E-state index in [1.54, 1.807) is 37.2 Å². The first kappa shape index (κ1) is 22.8. The van der Waals surface area contributed by atoms with E-state index in [9.17, 15) is 0 Å². The Labute approximate surface area is 221 Å². The average Bonchev–Trinajstić information content (AvgIpc) is 3.68. The molecule has 0 aliphatic heterocycles. The van der Waals surface area contributed by atoms with Gasteiger partial charge >= 0.3 is 34.4 Å². The van der Waals surface area contributed by atoms with E-state index in [4.69, 9.17) is 15.3 Å². The monoisotopic (exact) mass is 649 g/mol. The fraction of sp³-hybridized carbons (Fsp3) is 0. The van der Waals surface area contributed by atoms with Crippen LogP contribution in [0.5, 0.6) is 0 Å². The van der Waals surface area contributed by atoms with Crippen molar-refractivity contribution in [3.63, 3.8) is 0 Å². The average molecular weight is 649 g/mol. The summed E-state index contributed by atoms with van der Waals surface area (Å²) in [6.07, 6.45) is 16.5. The zero-order chi connectivity index (χ0) is 22.7. The van der Waals surface area contributed by atoms with Gasteiger partial charge in [0.25, 0.3) is 0 Å². The Morgan fingerprint density at radius 2 is 0.714 bits per heavy atom. The first-order chi connectivity index (χ1) is 16.8. The molecule has 0 saturated carbocycles. The van der Waals surface area contributed by atoms with Crippen LogP contribution in [-0.4, -0.2) is 78.4 Å². The van der Waals surface area contributed by atoms with Gasteiger partial charge in [-0.05, 0) is 73.2 Å². The summed E-state index contributed by atoms with van der Waals surface area (Å²) in [5, 5.41) is 14.6. The van der Waals surface area contributed by atoms with Crippen LogP contribution in [-0.2, 0) is 0 Å². The van der Waals surface area contributed by atoms with E-state index in [1.165, 1.54) is 0 Å². The van der Waals surface area contributed by atoms with Crippen molar-refractivity contribution >= 4 is 34.4 Å². The maximum absolute atomic E-state index is 4.88. The Hall–Kier alpha value is -3.93. The van der Waals surface area contributed by atoms with E-state index < -0.39 is 7.12 Å². The summed E-state index contributed by atoms with van der Waals surface area (Å²) in [5.41, 5.74) is 5.60. The van der Waals surface area contributed by atoms with Crippen LogP contribution in [0.4, 0.5) is 0 Å². The fourth-order valence-corrected chi connectivity index (χ4v) is 4.03. The van der Waals surface area contributed by atoms with Crippen molar-refractivity contribution in [3.8, 4) is 33.8 Å². The molecular formula is C24H19BN9Tl. The first-order valence-electron chi connectivity index (χ1n) is 10.9. The second kappa shape index (κ2) is 10.1. The van der Waals surface area contributed by atoms with Gasteiger partial charge in [0.05, 0.1) is 17.1 Å². The summed E-state index contributed by atoms with van der Waals surface area (Å²) in [6.45, 7) is 0. The third-order valence-electron chi connectivity index (χ3n) is 5.72. The summed E-state index contributed by atoms with van der Waals surface area (Å²) in [7, 11) is -1.53. The van der Waals surface area contributed by atoms with Crippen LogP contribution < -0.4 is 0 Å². The van der Waals surface area contributed by atoms with Gasteiger partial charge in [0.15, 0.2) is 0 Å². The van der Waals surface area contributed by atoms with E-state index in [-0.39, 0.29) is 27.3 Å². The molecule has 6 aromatic rings. The van der Waals surface area contributed by atoms with E-state index >= 15 is 0 Å². The molecule has 0 N–H and O–H groups in total. The van der Waals surface area contributed by atoms with Crippen LogP contribution in [0.1, 0.15) is 0 Å². The number of hydrogen-bond donors (Lipinski definition) is 0. The van der Waals surface area contributed by atoms with Gasteiger partial charge in [-0.15, -0.1) is 0 Å². The molecule has 0 unspecified atom stereocenters. The third-order valence-corrected chi connectivity index (χ3v) is 5.72. The van der Waals surface area contributed by atoms with Crippen molar-refractivity contribution in [3.05, 3.63) is 110 Å². The molecule has 0 aromatic carbocycles. The van der Waals surface area contributed by atoms with Crippen LogP contribution in [0.2, 0.25) is 0 Å². The standard InChI is InChI=1S/C24H19BN9.Tl/c1-10-26-11-2-19(1)22-7-16-32(29-22)25(33-17-8-23(30-33)20-3-12-27-13-4-20)34-18-9-24(31-34)21-5-14-28-15-6-21;/h1-18,25H;/q-1;+1. The van der Waals surface area contributed by atoms with Crippen molar-refractivity contribution in [2.24, 2.45) is 0 Å². The van der Waals surface area contributed by atoms with Crippen molar-refractivity contribution in [1.82, 2.24) is 44.0 Å². The smallest absolute Gasteiger partial charge is 0.402 e. The molecule has 0 atom stereocenters. The molecule has 11 heteroatoms. The Morgan fingerprint density at radius 3 is 1.00 bits per heavy atom. The van der Waals surface area contributed by atoms with Crippen LogP contribution in [0.15, 0.2) is 110 Å². The fourth-order valence-electron chi connectivity index (χ4n) is 4.03. The topological polar surface area (TPSA) is 92.1 Å². The molecule has 166 valence electrons. The van der Waals surface area contributed by atoms with E-state index in [0.29, 0.717) is 0 Å². The maximum Gasteiger partial charge on any atom is 1.00 e. The van der Waals surface area contributed by atoms with Gasteiger partial charge in [0, 0.05) is 53.9 Å². The summed E-state index contributed by atoms with van der Waals surface area (Å²) in [6, 6.07) is 17.7. The summed E-state index contributed by atoms with van der Waals surface area (Å²) < 4.78 is 5.80. The first-order valence-corrected chi connectivity index (χ1v) is 10.9. The molecular weight excluding hydrogens is 630 g/mol. The molecule has 9 nitrogen and oxygen atoms in total. The second-order valence-corrected chi connectivity index (χ2v) is 7.85.